The topological polar surface area (TPSA) is 108 Å². The second kappa shape index (κ2) is 12.7. The molecule has 202 valence electrons. The number of benzene rings is 3. The van der Waals surface area contributed by atoms with Crippen molar-refractivity contribution in [2.45, 2.75) is 33.4 Å². The number of carbonyl (C=O) groups excluding carboxylic acids is 4. The molecule has 39 heavy (non-hydrogen) atoms. The fourth-order valence-corrected chi connectivity index (χ4v) is 4.19. The molecule has 2 N–H and O–H groups in total. The second-order valence-corrected chi connectivity index (χ2v) is 9.49. The molecule has 0 saturated carbocycles. The third kappa shape index (κ3) is 8.16. The predicted molar refractivity (Wildman–Crippen MR) is 147 cm³/mol. The molecule has 4 aliphatic heterocycles. The number of nitrogens with one attached hydrogen (secondary N) is 2. The van der Waals surface area contributed by atoms with Crippen LogP contribution >= 0.6 is 0 Å². The standard InChI is InChI=1S/C30H32N4O5/c1-21(35)33-17-24-6-8-25(9-7-24)18-34(22(2)36)20-30(38)32-26-4-3-5-28(16-26)39-27-12-10-23(11-13-27)14-15-31-29(37)19-33/h3-13,16H,14-15,17-20H2,1-2H3,(H,31,37)(H,32,38). The normalized spacial score (nSPS) is 15.1. The third-order valence-corrected chi connectivity index (χ3v) is 6.34. The Labute approximate surface area is 227 Å². The minimum Gasteiger partial charge on any atom is -0.457 e. The summed E-state index contributed by atoms with van der Waals surface area (Å²) in [6.07, 6.45) is 0.631. The van der Waals surface area contributed by atoms with Crippen LogP contribution in [-0.2, 0) is 38.7 Å². The van der Waals surface area contributed by atoms with Crippen LogP contribution in [0.3, 0.4) is 0 Å². The quantitative estimate of drug-likeness (QED) is 0.465. The average molecular weight is 529 g/mol. The minimum absolute atomic E-state index is 0.0455. The van der Waals surface area contributed by atoms with Gasteiger partial charge in [0.2, 0.25) is 23.6 Å². The molecule has 0 unspecified atom stereocenters. The fourth-order valence-electron chi connectivity index (χ4n) is 4.19. The van der Waals surface area contributed by atoms with E-state index in [1.165, 1.54) is 23.6 Å². The smallest absolute Gasteiger partial charge is 0.244 e. The number of carbonyl (C=O) groups is 4. The molecule has 9 heteroatoms. The monoisotopic (exact) mass is 528 g/mol. The average Bonchev–Trinajstić information content (AvgIpc) is 2.89. The first kappa shape index (κ1) is 27.4. The molecular formula is C30H32N4O5. The Morgan fingerprint density at radius 3 is 1.85 bits per heavy atom. The first-order chi connectivity index (χ1) is 18.7. The van der Waals surface area contributed by atoms with Crippen molar-refractivity contribution in [3.8, 4) is 11.5 Å². The van der Waals surface area contributed by atoms with Gasteiger partial charge in [-0.15, -0.1) is 0 Å². The van der Waals surface area contributed by atoms with E-state index in [2.05, 4.69) is 10.6 Å². The van der Waals surface area contributed by atoms with Gasteiger partial charge in [0.05, 0.1) is 6.54 Å². The van der Waals surface area contributed by atoms with Gasteiger partial charge in [0.1, 0.15) is 18.0 Å². The van der Waals surface area contributed by atoms with E-state index < -0.39 is 0 Å². The van der Waals surface area contributed by atoms with Gasteiger partial charge in [-0.25, -0.2) is 0 Å². The Balaban J connectivity index is 1.56. The predicted octanol–water partition coefficient (Wildman–Crippen LogP) is 3.49. The first-order valence-electron chi connectivity index (χ1n) is 12.8. The minimum atomic E-state index is -0.326. The maximum absolute atomic E-state index is 12.8. The fraction of sp³-hybridized carbons (Fsp3) is 0.267. The zero-order valence-electron chi connectivity index (χ0n) is 22.1. The van der Waals surface area contributed by atoms with Gasteiger partial charge < -0.3 is 25.2 Å². The number of amides is 4. The second-order valence-electron chi connectivity index (χ2n) is 9.49. The zero-order chi connectivity index (χ0) is 27.8. The summed E-state index contributed by atoms with van der Waals surface area (Å²) in [7, 11) is 0. The highest BCUT2D eigenvalue weighted by Gasteiger charge is 2.17. The van der Waals surface area contributed by atoms with Gasteiger partial charge >= 0.3 is 0 Å². The SMILES string of the molecule is CC(=O)N1CC(=O)NCCc2ccc(cc2)Oc2cccc(c2)NC(=O)CN(C(C)=O)Cc2ccc(cc2)C1. The Morgan fingerprint density at radius 1 is 0.692 bits per heavy atom. The van der Waals surface area contributed by atoms with Crippen molar-refractivity contribution in [1.29, 1.82) is 0 Å². The Bertz CT molecular complexity index is 1340. The van der Waals surface area contributed by atoms with Crippen LogP contribution in [0, 0.1) is 0 Å². The van der Waals surface area contributed by atoms with Crippen molar-refractivity contribution in [2.75, 3.05) is 25.0 Å². The van der Waals surface area contributed by atoms with E-state index in [9.17, 15) is 19.2 Å². The number of hydrogen-bond donors (Lipinski definition) is 2. The molecule has 0 spiro atoms. The van der Waals surface area contributed by atoms with Gasteiger partial charge in [-0.05, 0) is 47.4 Å². The molecule has 9 nitrogen and oxygen atoms in total. The third-order valence-electron chi connectivity index (χ3n) is 6.34. The summed E-state index contributed by atoms with van der Waals surface area (Å²) in [4.78, 5) is 52.7. The van der Waals surface area contributed by atoms with E-state index in [1.807, 2.05) is 48.5 Å². The number of ether oxygens (including phenoxy) is 1. The first-order valence-corrected chi connectivity index (χ1v) is 12.8. The van der Waals surface area contributed by atoms with Crippen LogP contribution in [0.1, 0.15) is 30.5 Å². The summed E-state index contributed by atoms with van der Waals surface area (Å²) >= 11 is 0. The molecule has 7 rings (SSSR count). The Hall–Kier alpha value is -4.66. The summed E-state index contributed by atoms with van der Waals surface area (Å²) in [6.45, 7) is 3.67. The lowest BCUT2D eigenvalue weighted by atomic mass is 10.1. The molecular weight excluding hydrogens is 496 g/mol. The van der Waals surface area contributed by atoms with Gasteiger partial charge in [-0.1, -0.05) is 42.5 Å². The van der Waals surface area contributed by atoms with Crippen LogP contribution < -0.4 is 15.4 Å². The van der Waals surface area contributed by atoms with Gasteiger partial charge in [0.25, 0.3) is 0 Å². The molecule has 0 saturated heterocycles. The van der Waals surface area contributed by atoms with E-state index in [-0.39, 0.29) is 49.8 Å². The highest BCUT2D eigenvalue weighted by molar-refractivity contribution is 5.94. The molecule has 4 amide bonds. The maximum Gasteiger partial charge on any atom is 0.244 e. The lowest BCUT2D eigenvalue weighted by molar-refractivity contribution is -0.134. The molecule has 3 aromatic carbocycles. The molecule has 0 fully saturated rings. The van der Waals surface area contributed by atoms with Crippen LogP contribution in [0.25, 0.3) is 0 Å². The van der Waals surface area contributed by atoms with Crippen LogP contribution in [0.5, 0.6) is 11.5 Å². The van der Waals surface area contributed by atoms with E-state index >= 15 is 0 Å². The molecule has 0 radical (unpaired) electrons. The van der Waals surface area contributed by atoms with Crippen LogP contribution in [0.4, 0.5) is 5.69 Å². The number of hydrogen-bond acceptors (Lipinski definition) is 5. The van der Waals surface area contributed by atoms with Gasteiger partial charge in [-0.3, -0.25) is 19.2 Å². The Morgan fingerprint density at radius 2 is 1.26 bits per heavy atom. The van der Waals surface area contributed by atoms with Crippen molar-refractivity contribution in [3.05, 3.63) is 89.5 Å². The van der Waals surface area contributed by atoms with Crippen LogP contribution in [0.15, 0.2) is 72.8 Å². The largest absolute Gasteiger partial charge is 0.457 e. The molecule has 4 aliphatic rings. The molecule has 0 aliphatic carbocycles. The number of anilines is 1. The maximum atomic E-state index is 12.8. The van der Waals surface area contributed by atoms with Gasteiger partial charge in [0.15, 0.2) is 0 Å². The van der Waals surface area contributed by atoms with Crippen molar-refractivity contribution >= 4 is 29.3 Å². The molecule has 6 bridgehead atoms. The highest BCUT2D eigenvalue weighted by Crippen LogP contribution is 2.24. The lowest BCUT2D eigenvalue weighted by Gasteiger charge is -2.22. The lowest BCUT2D eigenvalue weighted by Crippen LogP contribution is -2.40. The van der Waals surface area contributed by atoms with Crippen molar-refractivity contribution in [3.63, 3.8) is 0 Å². The molecule has 0 aromatic heterocycles. The van der Waals surface area contributed by atoms with E-state index in [0.717, 1.165) is 16.7 Å². The zero-order valence-corrected chi connectivity index (χ0v) is 22.1. The van der Waals surface area contributed by atoms with Crippen molar-refractivity contribution in [2.24, 2.45) is 0 Å². The highest BCUT2D eigenvalue weighted by atomic mass is 16.5. The van der Waals surface area contributed by atoms with Gasteiger partial charge in [0, 0.05) is 45.2 Å². The van der Waals surface area contributed by atoms with Crippen LogP contribution in [-0.4, -0.2) is 53.1 Å². The summed E-state index contributed by atoms with van der Waals surface area (Å²) < 4.78 is 5.95. The van der Waals surface area contributed by atoms with Crippen molar-refractivity contribution in [1.82, 2.24) is 15.1 Å². The summed E-state index contributed by atoms with van der Waals surface area (Å²) in [6, 6.07) is 22.0. The molecule has 0 atom stereocenters. The number of nitrogens with zero attached hydrogens (tertiary/aromatic N) is 2. The molecule has 4 heterocycles. The summed E-state index contributed by atoms with van der Waals surface area (Å²) in [5.74, 6) is 0.196. The summed E-state index contributed by atoms with van der Waals surface area (Å²) in [5, 5.41) is 5.72. The summed E-state index contributed by atoms with van der Waals surface area (Å²) in [5.41, 5.74) is 3.27. The van der Waals surface area contributed by atoms with Gasteiger partial charge in [-0.2, -0.15) is 0 Å². The van der Waals surface area contributed by atoms with E-state index in [0.29, 0.717) is 30.2 Å². The van der Waals surface area contributed by atoms with Crippen molar-refractivity contribution < 1.29 is 23.9 Å². The van der Waals surface area contributed by atoms with E-state index in [4.69, 9.17) is 4.74 Å². The van der Waals surface area contributed by atoms with Crippen LogP contribution in [0.2, 0.25) is 0 Å². The Kier molecular flexibility index (Phi) is 8.94. The molecule has 3 aromatic rings. The van der Waals surface area contributed by atoms with E-state index in [1.54, 1.807) is 24.3 Å². The number of rotatable bonds is 0.